The second-order valence-corrected chi connectivity index (χ2v) is 5.59. The molecule has 6 nitrogen and oxygen atoms in total. The Bertz CT molecular complexity index is 387. The molecule has 3 saturated heterocycles. The number of hydrogen-bond acceptors (Lipinski definition) is 4. The van der Waals surface area contributed by atoms with Crippen LogP contribution >= 0.6 is 0 Å². The molecule has 3 unspecified atom stereocenters. The van der Waals surface area contributed by atoms with Gasteiger partial charge in [0.25, 0.3) is 0 Å². The van der Waals surface area contributed by atoms with Crippen LogP contribution in [0.2, 0.25) is 0 Å². The molecule has 106 valence electrons. The summed E-state index contributed by atoms with van der Waals surface area (Å²) in [5.74, 6) is -0.660. The minimum Gasteiger partial charge on any atom is -0.480 e. The topological polar surface area (TPSA) is 70.1 Å². The Hall–Kier alpha value is -1.14. The highest BCUT2D eigenvalue weighted by molar-refractivity contribution is 5.80. The lowest BCUT2D eigenvalue weighted by atomic mass is 9.96. The summed E-state index contributed by atoms with van der Waals surface area (Å²) in [6, 6.07) is -0.340. The Kier molecular flexibility index (Phi) is 3.45. The number of carbonyl (C=O) groups excluding carboxylic acids is 1. The van der Waals surface area contributed by atoms with Gasteiger partial charge >= 0.3 is 5.97 Å². The van der Waals surface area contributed by atoms with E-state index < -0.39 is 12.0 Å². The number of hydrogen-bond donors (Lipinski definition) is 1. The third kappa shape index (κ3) is 2.23. The molecule has 1 amide bonds. The molecule has 1 N–H and O–H groups in total. The molecular formula is C13H20N2O4. The van der Waals surface area contributed by atoms with Crippen molar-refractivity contribution in [3.8, 4) is 0 Å². The molecule has 0 aliphatic carbocycles. The maximum atomic E-state index is 12.1. The van der Waals surface area contributed by atoms with Crippen molar-refractivity contribution in [1.29, 1.82) is 0 Å². The molecule has 3 rings (SSSR count). The molecule has 0 spiro atoms. The van der Waals surface area contributed by atoms with Gasteiger partial charge in [-0.2, -0.15) is 0 Å². The maximum Gasteiger partial charge on any atom is 0.323 e. The minimum atomic E-state index is -0.846. The number of nitrogens with zero attached hydrogens (tertiary/aromatic N) is 2. The van der Waals surface area contributed by atoms with Crippen LogP contribution in [0, 0.1) is 0 Å². The van der Waals surface area contributed by atoms with Gasteiger partial charge in [-0.05, 0) is 19.3 Å². The number of aliphatic carboxylic acids is 1. The van der Waals surface area contributed by atoms with Gasteiger partial charge < -0.3 is 14.7 Å². The van der Waals surface area contributed by atoms with Crippen LogP contribution in [0.15, 0.2) is 0 Å². The van der Waals surface area contributed by atoms with Gasteiger partial charge in [-0.25, -0.2) is 0 Å². The van der Waals surface area contributed by atoms with E-state index in [1.165, 1.54) is 0 Å². The summed E-state index contributed by atoms with van der Waals surface area (Å²) >= 11 is 0. The predicted molar refractivity (Wildman–Crippen MR) is 66.7 cm³/mol. The van der Waals surface area contributed by atoms with Crippen molar-refractivity contribution >= 4 is 11.9 Å². The molecule has 0 aromatic heterocycles. The van der Waals surface area contributed by atoms with Crippen LogP contribution in [0.3, 0.4) is 0 Å². The van der Waals surface area contributed by atoms with E-state index in [1.54, 1.807) is 0 Å². The fourth-order valence-corrected chi connectivity index (χ4v) is 3.66. The highest BCUT2D eigenvalue weighted by atomic mass is 16.5. The number of piperidine rings is 1. The van der Waals surface area contributed by atoms with E-state index in [4.69, 9.17) is 4.74 Å². The second kappa shape index (κ2) is 5.09. The van der Waals surface area contributed by atoms with Gasteiger partial charge in [-0.3, -0.25) is 14.5 Å². The van der Waals surface area contributed by atoms with Crippen molar-refractivity contribution < 1.29 is 19.4 Å². The van der Waals surface area contributed by atoms with E-state index in [9.17, 15) is 14.7 Å². The van der Waals surface area contributed by atoms with Crippen LogP contribution in [0.5, 0.6) is 0 Å². The molecule has 0 aromatic carbocycles. The van der Waals surface area contributed by atoms with E-state index in [2.05, 4.69) is 0 Å². The zero-order valence-corrected chi connectivity index (χ0v) is 11.0. The summed E-state index contributed by atoms with van der Waals surface area (Å²) in [7, 11) is 0. The van der Waals surface area contributed by atoms with Gasteiger partial charge in [-0.1, -0.05) is 0 Å². The maximum absolute atomic E-state index is 12.1. The summed E-state index contributed by atoms with van der Waals surface area (Å²) in [5.41, 5.74) is 0. The first-order valence-electron chi connectivity index (χ1n) is 7.04. The van der Waals surface area contributed by atoms with Gasteiger partial charge in [-0.15, -0.1) is 0 Å². The Labute approximate surface area is 112 Å². The number of carboxylic acids is 1. The lowest BCUT2D eigenvalue weighted by Crippen LogP contribution is -2.58. The van der Waals surface area contributed by atoms with Crippen molar-refractivity contribution in [3.05, 3.63) is 0 Å². The van der Waals surface area contributed by atoms with E-state index in [0.29, 0.717) is 19.6 Å². The molecule has 0 radical (unpaired) electrons. The molecule has 19 heavy (non-hydrogen) atoms. The van der Waals surface area contributed by atoms with Crippen molar-refractivity contribution in [2.24, 2.45) is 0 Å². The zero-order chi connectivity index (χ0) is 13.4. The normalized spacial score (nSPS) is 36.3. The lowest BCUT2D eigenvalue weighted by Gasteiger charge is -2.41. The van der Waals surface area contributed by atoms with Crippen LogP contribution in [0.4, 0.5) is 0 Å². The number of rotatable bonds is 2. The molecule has 0 bridgehead atoms. The molecule has 3 fully saturated rings. The summed E-state index contributed by atoms with van der Waals surface area (Å²) in [6.07, 6.45) is 3.67. The largest absolute Gasteiger partial charge is 0.480 e. The molecule has 3 heterocycles. The smallest absolute Gasteiger partial charge is 0.323 e. The summed E-state index contributed by atoms with van der Waals surface area (Å²) in [6.45, 7) is 2.23. The van der Waals surface area contributed by atoms with Crippen LogP contribution in [0.25, 0.3) is 0 Å². The highest BCUT2D eigenvalue weighted by Crippen LogP contribution is 2.33. The lowest BCUT2D eigenvalue weighted by molar-refractivity contribution is -0.152. The molecule has 6 heteroatoms. The first kappa shape index (κ1) is 12.9. The SMILES string of the molecule is O=C(O)C1COCCN1C1CC(=O)N2CCCCC12. The Morgan fingerprint density at radius 1 is 1.26 bits per heavy atom. The van der Waals surface area contributed by atoms with E-state index >= 15 is 0 Å². The molecule has 0 aromatic rings. The third-order valence-electron chi connectivity index (χ3n) is 4.58. The molecule has 3 atom stereocenters. The molecular weight excluding hydrogens is 248 g/mol. The first-order valence-corrected chi connectivity index (χ1v) is 7.04. The summed E-state index contributed by atoms with van der Waals surface area (Å²) in [5, 5.41) is 9.31. The molecule has 3 aliphatic heterocycles. The Morgan fingerprint density at radius 3 is 2.89 bits per heavy atom. The molecule has 0 saturated carbocycles. The molecule has 3 aliphatic rings. The van der Waals surface area contributed by atoms with Gasteiger partial charge in [0.1, 0.15) is 6.04 Å². The number of carboxylic acid groups (broad SMARTS) is 1. The van der Waals surface area contributed by atoms with Crippen LogP contribution in [0.1, 0.15) is 25.7 Å². The monoisotopic (exact) mass is 268 g/mol. The van der Waals surface area contributed by atoms with Gasteiger partial charge in [0.15, 0.2) is 0 Å². The number of carbonyl (C=O) groups is 2. The number of ether oxygens (including phenoxy) is 1. The van der Waals surface area contributed by atoms with Crippen LogP contribution < -0.4 is 0 Å². The van der Waals surface area contributed by atoms with Gasteiger partial charge in [0.05, 0.1) is 13.2 Å². The van der Waals surface area contributed by atoms with Gasteiger partial charge in [0.2, 0.25) is 5.91 Å². The summed E-state index contributed by atoms with van der Waals surface area (Å²) < 4.78 is 5.28. The summed E-state index contributed by atoms with van der Waals surface area (Å²) in [4.78, 5) is 27.3. The quantitative estimate of drug-likeness (QED) is 0.759. The first-order chi connectivity index (χ1) is 9.18. The second-order valence-electron chi connectivity index (χ2n) is 5.59. The van der Waals surface area contributed by atoms with E-state index in [-0.39, 0.29) is 24.6 Å². The number of fused-ring (bicyclic) bond motifs is 1. The number of amides is 1. The van der Waals surface area contributed by atoms with Crippen molar-refractivity contribution in [2.75, 3.05) is 26.3 Å². The van der Waals surface area contributed by atoms with Gasteiger partial charge in [0, 0.05) is 31.6 Å². The highest BCUT2D eigenvalue weighted by Gasteiger charge is 2.47. The zero-order valence-electron chi connectivity index (χ0n) is 11.0. The standard InChI is InChI=1S/C13H20N2O4/c16-12-7-10(9-3-1-2-4-15(9)12)14-5-6-19-8-11(14)13(17)18/h9-11H,1-8H2,(H,17,18). The average molecular weight is 268 g/mol. The average Bonchev–Trinajstić information content (AvgIpc) is 2.77. The third-order valence-corrected chi connectivity index (χ3v) is 4.58. The van der Waals surface area contributed by atoms with Crippen molar-refractivity contribution in [3.63, 3.8) is 0 Å². The fraction of sp³-hybridized carbons (Fsp3) is 0.846. The van der Waals surface area contributed by atoms with E-state index in [0.717, 1.165) is 25.8 Å². The predicted octanol–water partition coefficient (Wildman–Crippen LogP) is -0.0748. The van der Waals surface area contributed by atoms with Crippen molar-refractivity contribution in [2.45, 2.75) is 43.8 Å². The Balaban J connectivity index is 1.80. The van der Waals surface area contributed by atoms with Crippen LogP contribution in [-0.2, 0) is 14.3 Å². The minimum absolute atomic E-state index is 0.0535. The van der Waals surface area contributed by atoms with Crippen molar-refractivity contribution in [1.82, 2.24) is 9.80 Å². The fourth-order valence-electron chi connectivity index (χ4n) is 3.66. The Morgan fingerprint density at radius 2 is 2.11 bits per heavy atom. The van der Waals surface area contributed by atoms with E-state index in [1.807, 2.05) is 9.80 Å². The number of morpholine rings is 1. The van der Waals surface area contributed by atoms with Crippen LogP contribution in [-0.4, -0.2) is 71.2 Å².